The van der Waals surface area contributed by atoms with E-state index in [1.807, 2.05) is 26.1 Å². The maximum absolute atomic E-state index is 12.1. The predicted molar refractivity (Wildman–Crippen MR) is 101 cm³/mol. The molecule has 1 amide bonds. The number of pyridine rings is 1. The highest BCUT2D eigenvalue weighted by Crippen LogP contribution is 2.46. The minimum Gasteiger partial charge on any atom is -0.477 e. The van der Waals surface area contributed by atoms with Crippen LogP contribution in [-0.2, 0) is 5.54 Å². The summed E-state index contributed by atoms with van der Waals surface area (Å²) in [7, 11) is 0. The summed E-state index contributed by atoms with van der Waals surface area (Å²) in [4.78, 5) is 16.6. The summed E-state index contributed by atoms with van der Waals surface area (Å²) < 4.78 is 7.64. The Morgan fingerprint density at radius 2 is 2.11 bits per heavy atom. The van der Waals surface area contributed by atoms with Gasteiger partial charge in [0.2, 0.25) is 5.88 Å². The second-order valence-electron chi connectivity index (χ2n) is 8.32. The molecule has 0 spiro atoms. The first-order valence-corrected chi connectivity index (χ1v) is 9.53. The second kappa shape index (κ2) is 6.64. The molecular formula is C20H26N4O3. The fraction of sp³-hybridized carbons (Fsp3) is 0.550. The molecule has 2 aliphatic rings. The molecule has 0 bridgehead atoms. The SMILES string of the molecule is CC(C)(CO)n1cc(-c2cc(C3CC3)c(OCC3CC3)nc2C(N)=O)cn1. The van der Waals surface area contributed by atoms with Gasteiger partial charge in [-0.25, -0.2) is 4.98 Å². The number of aliphatic hydroxyl groups is 1. The minimum absolute atomic E-state index is 0.0453. The molecule has 0 unspecified atom stereocenters. The molecule has 2 heterocycles. The quantitative estimate of drug-likeness (QED) is 0.743. The van der Waals surface area contributed by atoms with Gasteiger partial charge < -0.3 is 15.6 Å². The number of hydrogen-bond acceptors (Lipinski definition) is 5. The summed E-state index contributed by atoms with van der Waals surface area (Å²) in [5.74, 6) is 0.994. The van der Waals surface area contributed by atoms with E-state index in [4.69, 9.17) is 10.5 Å². The van der Waals surface area contributed by atoms with Crippen LogP contribution in [-0.4, -0.2) is 39.0 Å². The van der Waals surface area contributed by atoms with Crippen LogP contribution >= 0.6 is 0 Å². The molecule has 2 aromatic heterocycles. The van der Waals surface area contributed by atoms with E-state index in [0.29, 0.717) is 29.9 Å². The van der Waals surface area contributed by atoms with E-state index in [0.717, 1.165) is 24.0 Å². The number of primary amides is 1. The average molecular weight is 370 g/mol. The predicted octanol–water partition coefficient (Wildman–Crippen LogP) is 2.44. The summed E-state index contributed by atoms with van der Waals surface area (Å²) in [6.07, 6.45) is 8.10. The smallest absolute Gasteiger partial charge is 0.268 e. The third kappa shape index (κ3) is 3.69. The lowest BCUT2D eigenvalue weighted by atomic mass is 10.0. The van der Waals surface area contributed by atoms with Crippen molar-refractivity contribution in [2.75, 3.05) is 13.2 Å². The van der Waals surface area contributed by atoms with Gasteiger partial charge in [0.05, 0.1) is 24.9 Å². The number of carbonyl (C=O) groups excluding carboxylic acids is 1. The van der Waals surface area contributed by atoms with E-state index in [2.05, 4.69) is 10.1 Å². The van der Waals surface area contributed by atoms with Gasteiger partial charge in [-0.3, -0.25) is 9.48 Å². The highest BCUT2D eigenvalue weighted by atomic mass is 16.5. The lowest BCUT2D eigenvalue weighted by molar-refractivity contribution is 0.0995. The zero-order valence-electron chi connectivity index (χ0n) is 15.8. The van der Waals surface area contributed by atoms with Crippen LogP contribution in [0.15, 0.2) is 18.5 Å². The standard InChI is InChI=1S/C20H26N4O3/c1-20(2,11-25)24-9-14(8-22-24)15-7-16(13-5-6-13)19(23-17(15)18(21)26)27-10-12-3-4-12/h7-9,12-13,25H,3-6,10-11H2,1-2H3,(H2,21,26). The largest absolute Gasteiger partial charge is 0.477 e. The van der Waals surface area contributed by atoms with E-state index >= 15 is 0 Å². The molecule has 0 saturated heterocycles. The molecule has 2 aliphatic carbocycles. The highest BCUT2D eigenvalue weighted by molar-refractivity contribution is 5.98. The maximum Gasteiger partial charge on any atom is 0.268 e. The Hall–Kier alpha value is -2.41. The van der Waals surface area contributed by atoms with Gasteiger partial charge in [0.1, 0.15) is 5.69 Å². The van der Waals surface area contributed by atoms with Gasteiger partial charge in [0, 0.05) is 22.9 Å². The molecule has 4 rings (SSSR count). The Bertz CT molecular complexity index is 866. The minimum atomic E-state index is -0.585. The maximum atomic E-state index is 12.1. The van der Waals surface area contributed by atoms with E-state index in [1.165, 1.54) is 12.8 Å². The van der Waals surface area contributed by atoms with Gasteiger partial charge in [-0.1, -0.05) is 0 Å². The topological polar surface area (TPSA) is 103 Å². The third-order valence-electron chi connectivity index (χ3n) is 5.32. The van der Waals surface area contributed by atoms with Gasteiger partial charge in [-0.05, 0) is 57.4 Å². The molecule has 2 aromatic rings. The van der Waals surface area contributed by atoms with Crippen molar-refractivity contribution in [3.63, 3.8) is 0 Å². The van der Waals surface area contributed by atoms with Crippen LogP contribution in [0.4, 0.5) is 0 Å². The van der Waals surface area contributed by atoms with Crippen molar-refractivity contribution in [1.82, 2.24) is 14.8 Å². The lowest BCUT2D eigenvalue weighted by Crippen LogP contribution is -2.30. The summed E-state index contributed by atoms with van der Waals surface area (Å²) in [6, 6.07) is 1.99. The Morgan fingerprint density at radius 1 is 1.37 bits per heavy atom. The first-order valence-electron chi connectivity index (χ1n) is 9.53. The van der Waals surface area contributed by atoms with Crippen LogP contribution in [0.25, 0.3) is 11.1 Å². The normalized spacial score (nSPS) is 17.1. The first kappa shape index (κ1) is 18.0. The number of nitrogens with two attached hydrogens (primary N) is 1. The summed E-state index contributed by atoms with van der Waals surface area (Å²) >= 11 is 0. The molecule has 27 heavy (non-hydrogen) atoms. The fourth-order valence-corrected chi connectivity index (χ4v) is 3.07. The number of carbonyl (C=O) groups is 1. The van der Waals surface area contributed by atoms with E-state index < -0.39 is 11.4 Å². The summed E-state index contributed by atoms with van der Waals surface area (Å²) in [5, 5.41) is 13.9. The Balaban J connectivity index is 1.74. The average Bonchev–Trinajstić information content (AvgIpc) is 3.57. The number of rotatable bonds is 8. The van der Waals surface area contributed by atoms with Gasteiger partial charge in [-0.15, -0.1) is 0 Å². The van der Waals surface area contributed by atoms with Gasteiger partial charge in [-0.2, -0.15) is 5.10 Å². The van der Waals surface area contributed by atoms with Crippen molar-refractivity contribution in [2.45, 2.75) is 51.0 Å². The number of nitrogens with zero attached hydrogens (tertiary/aromatic N) is 3. The molecule has 2 fully saturated rings. The molecule has 7 heteroatoms. The van der Waals surface area contributed by atoms with E-state index in [1.54, 1.807) is 10.9 Å². The van der Waals surface area contributed by atoms with Crippen LogP contribution in [0.1, 0.15) is 61.5 Å². The number of aromatic nitrogens is 3. The molecule has 2 saturated carbocycles. The highest BCUT2D eigenvalue weighted by Gasteiger charge is 2.32. The van der Waals surface area contributed by atoms with Crippen molar-refractivity contribution >= 4 is 5.91 Å². The monoisotopic (exact) mass is 370 g/mol. The molecule has 0 atom stereocenters. The second-order valence-corrected chi connectivity index (χ2v) is 8.32. The van der Waals surface area contributed by atoms with Crippen LogP contribution in [0, 0.1) is 5.92 Å². The Labute approximate surface area is 158 Å². The van der Waals surface area contributed by atoms with Crippen molar-refractivity contribution in [1.29, 1.82) is 0 Å². The molecule has 144 valence electrons. The summed E-state index contributed by atoms with van der Waals surface area (Å²) in [6.45, 7) is 4.38. The lowest BCUT2D eigenvalue weighted by Gasteiger charge is -2.22. The van der Waals surface area contributed by atoms with E-state index in [9.17, 15) is 9.90 Å². The fourth-order valence-electron chi connectivity index (χ4n) is 3.07. The molecule has 0 aromatic carbocycles. The number of ether oxygens (including phenoxy) is 1. The van der Waals surface area contributed by atoms with Crippen LogP contribution in [0.5, 0.6) is 5.88 Å². The number of amides is 1. The van der Waals surface area contributed by atoms with Crippen molar-refractivity contribution in [3.05, 3.63) is 29.7 Å². The number of hydrogen-bond donors (Lipinski definition) is 2. The zero-order chi connectivity index (χ0) is 19.2. The van der Waals surface area contributed by atoms with Crippen LogP contribution in [0.3, 0.4) is 0 Å². The van der Waals surface area contributed by atoms with Crippen LogP contribution in [0.2, 0.25) is 0 Å². The number of aliphatic hydroxyl groups excluding tert-OH is 1. The first-order chi connectivity index (χ1) is 12.9. The van der Waals surface area contributed by atoms with Gasteiger partial charge >= 0.3 is 0 Å². The molecular weight excluding hydrogens is 344 g/mol. The molecule has 3 N–H and O–H groups in total. The Morgan fingerprint density at radius 3 is 2.70 bits per heavy atom. The molecule has 7 nitrogen and oxygen atoms in total. The zero-order valence-corrected chi connectivity index (χ0v) is 15.8. The van der Waals surface area contributed by atoms with Crippen molar-refractivity contribution in [2.24, 2.45) is 11.7 Å². The molecule has 0 aliphatic heterocycles. The van der Waals surface area contributed by atoms with Gasteiger partial charge in [0.25, 0.3) is 5.91 Å². The van der Waals surface area contributed by atoms with Crippen molar-refractivity contribution < 1.29 is 14.6 Å². The molecule has 0 radical (unpaired) electrons. The van der Waals surface area contributed by atoms with Gasteiger partial charge in [0.15, 0.2) is 0 Å². The third-order valence-corrected chi connectivity index (χ3v) is 5.32. The summed E-state index contributed by atoms with van der Waals surface area (Å²) in [5.41, 5.74) is 7.76. The van der Waals surface area contributed by atoms with Crippen molar-refractivity contribution in [3.8, 4) is 17.0 Å². The Kier molecular flexibility index (Phi) is 4.42. The van der Waals surface area contributed by atoms with E-state index in [-0.39, 0.29) is 12.3 Å². The van der Waals surface area contributed by atoms with Crippen LogP contribution < -0.4 is 10.5 Å².